The number of benzene rings is 1. The van der Waals surface area contributed by atoms with E-state index in [2.05, 4.69) is 20.4 Å². The second-order valence-corrected chi connectivity index (χ2v) is 7.54. The van der Waals surface area contributed by atoms with Crippen LogP contribution in [0.15, 0.2) is 41.1 Å². The summed E-state index contributed by atoms with van der Waals surface area (Å²) in [7, 11) is 0. The third-order valence-corrected chi connectivity index (χ3v) is 5.11. The predicted octanol–water partition coefficient (Wildman–Crippen LogP) is 3.80. The van der Waals surface area contributed by atoms with Crippen LogP contribution in [-0.2, 0) is 4.74 Å². The Bertz CT molecular complexity index is 1090. The van der Waals surface area contributed by atoms with Crippen LogP contribution in [0.3, 0.4) is 0 Å². The maximum absolute atomic E-state index is 14.4. The topological polar surface area (TPSA) is 114 Å². The van der Waals surface area contributed by atoms with Crippen LogP contribution in [0.4, 0.5) is 21.0 Å². The van der Waals surface area contributed by atoms with E-state index in [9.17, 15) is 14.3 Å². The molecule has 4 rings (SSSR count). The second-order valence-electron chi connectivity index (χ2n) is 7.11. The number of nitrogens with zero attached hydrogens (tertiary/aromatic N) is 4. The lowest BCUT2D eigenvalue weighted by Crippen LogP contribution is -2.42. The molecule has 31 heavy (non-hydrogen) atoms. The summed E-state index contributed by atoms with van der Waals surface area (Å²) >= 11 is 5.91. The number of ether oxygens (including phenoxy) is 1. The SMILES string of the molecule is C[C@H](Nc1ncc(F)c(N2C(=O)OCC2[C@@H](C)O)n1)c1cc(-c2ccc(Cl)cc2)no1. The van der Waals surface area contributed by atoms with Crippen LogP contribution < -0.4 is 10.2 Å². The van der Waals surface area contributed by atoms with Crippen molar-refractivity contribution in [3.8, 4) is 11.3 Å². The number of hydrogen-bond donors (Lipinski definition) is 2. The minimum absolute atomic E-state index is 0.0648. The van der Waals surface area contributed by atoms with Crippen molar-refractivity contribution in [3.63, 3.8) is 0 Å². The molecule has 0 radical (unpaired) electrons. The van der Waals surface area contributed by atoms with Gasteiger partial charge in [-0.15, -0.1) is 0 Å². The molecule has 0 aliphatic carbocycles. The third kappa shape index (κ3) is 4.30. The molecule has 0 bridgehead atoms. The van der Waals surface area contributed by atoms with Gasteiger partial charge in [0.05, 0.1) is 18.3 Å². The van der Waals surface area contributed by atoms with E-state index in [-0.39, 0.29) is 18.4 Å². The first-order valence-electron chi connectivity index (χ1n) is 9.49. The number of aliphatic hydroxyl groups excluding tert-OH is 1. The molecule has 1 fully saturated rings. The van der Waals surface area contributed by atoms with Gasteiger partial charge in [0.25, 0.3) is 0 Å². The van der Waals surface area contributed by atoms with E-state index >= 15 is 0 Å². The highest BCUT2D eigenvalue weighted by atomic mass is 35.5. The summed E-state index contributed by atoms with van der Waals surface area (Å²) in [6.45, 7) is 3.22. The summed E-state index contributed by atoms with van der Waals surface area (Å²) in [6.07, 6.45) is -0.774. The van der Waals surface area contributed by atoms with E-state index in [0.717, 1.165) is 16.7 Å². The number of amides is 1. The van der Waals surface area contributed by atoms with Crippen molar-refractivity contribution >= 4 is 29.5 Å². The van der Waals surface area contributed by atoms with Crippen molar-refractivity contribution in [3.05, 3.63) is 53.1 Å². The van der Waals surface area contributed by atoms with Gasteiger partial charge in [0.2, 0.25) is 5.95 Å². The molecule has 0 spiro atoms. The molecule has 3 aromatic rings. The highest BCUT2D eigenvalue weighted by molar-refractivity contribution is 6.30. The Kier molecular flexibility index (Phi) is 5.75. The Hall–Kier alpha value is -3.24. The first-order chi connectivity index (χ1) is 14.8. The summed E-state index contributed by atoms with van der Waals surface area (Å²) in [6, 6.07) is 7.75. The first kappa shape index (κ1) is 21.0. The number of carbonyl (C=O) groups is 1. The minimum Gasteiger partial charge on any atom is -0.447 e. The van der Waals surface area contributed by atoms with Gasteiger partial charge in [0.15, 0.2) is 17.4 Å². The third-order valence-electron chi connectivity index (χ3n) is 4.86. The van der Waals surface area contributed by atoms with Gasteiger partial charge in [0.1, 0.15) is 18.3 Å². The number of hydrogen-bond acceptors (Lipinski definition) is 8. The van der Waals surface area contributed by atoms with Crippen LogP contribution in [0.5, 0.6) is 0 Å². The van der Waals surface area contributed by atoms with Crippen LogP contribution in [0, 0.1) is 5.82 Å². The molecule has 1 saturated heterocycles. The number of nitrogens with one attached hydrogen (secondary N) is 1. The van der Waals surface area contributed by atoms with E-state index in [4.69, 9.17) is 20.9 Å². The van der Waals surface area contributed by atoms with E-state index in [1.807, 2.05) is 12.1 Å². The van der Waals surface area contributed by atoms with Crippen molar-refractivity contribution in [2.75, 3.05) is 16.8 Å². The highest BCUT2D eigenvalue weighted by Gasteiger charge is 2.39. The minimum atomic E-state index is -0.934. The zero-order valence-electron chi connectivity index (χ0n) is 16.6. The van der Waals surface area contributed by atoms with Crippen molar-refractivity contribution in [2.24, 2.45) is 0 Å². The number of cyclic esters (lactones) is 1. The largest absolute Gasteiger partial charge is 0.447 e. The van der Waals surface area contributed by atoms with Gasteiger partial charge >= 0.3 is 6.09 Å². The summed E-state index contributed by atoms with van der Waals surface area (Å²) in [5, 5.41) is 17.6. The average Bonchev–Trinajstić information content (AvgIpc) is 3.37. The van der Waals surface area contributed by atoms with E-state index < -0.39 is 30.1 Å². The van der Waals surface area contributed by atoms with Gasteiger partial charge < -0.3 is 19.7 Å². The van der Waals surface area contributed by atoms with E-state index in [1.165, 1.54) is 6.92 Å². The fourth-order valence-corrected chi connectivity index (χ4v) is 3.27. The zero-order valence-corrected chi connectivity index (χ0v) is 17.4. The van der Waals surface area contributed by atoms with Gasteiger partial charge in [-0.2, -0.15) is 4.98 Å². The van der Waals surface area contributed by atoms with Crippen LogP contribution >= 0.6 is 11.6 Å². The van der Waals surface area contributed by atoms with Crippen LogP contribution in [0.25, 0.3) is 11.3 Å². The zero-order chi connectivity index (χ0) is 22.1. The molecule has 3 atom stereocenters. The lowest BCUT2D eigenvalue weighted by Gasteiger charge is -2.23. The molecule has 1 unspecified atom stereocenters. The molecular formula is C20H19ClFN5O4. The molecule has 11 heteroatoms. The fourth-order valence-electron chi connectivity index (χ4n) is 3.15. The smallest absolute Gasteiger partial charge is 0.416 e. The Morgan fingerprint density at radius 1 is 1.32 bits per heavy atom. The normalized spacial score (nSPS) is 18.0. The average molecular weight is 448 g/mol. The Morgan fingerprint density at radius 3 is 2.77 bits per heavy atom. The van der Waals surface area contributed by atoms with Gasteiger partial charge in [-0.1, -0.05) is 28.9 Å². The van der Waals surface area contributed by atoms with Crippen molar-refractivity contribution in [1.82, 2.24) is 15.1 Å². The van der Waals surface area contributed by atoms with Gasteiger partial charge in [-0.3, -0.25) is 0 Å². The summed E-state index contributed by atoms with van der Waals surface area (Å²) < 4.78 is 24.7. The number of aliphatic hydroxyl groups is 1. The Balaban J connectivity index is 1.54. The first-order valence-corrected chi connectivity index (χ1v) is 9.87. The molecular weight excluding hydrogens is 429 g/mol. The van der Waals surface area contributed by atoms with Crippen LogP contribution in [0.1, 0.15) is 25.6 Å². The monoisotopic (exact) mass is 447 g/mol. The maximum Gasteiger partial charge on any atom is 0.416 e. The van der Waals surface area contributed by atoms with Gasteiger partial charge in [0, 0.05) is 16.7 Å². The molecule has 9 nitrogen and oxygen atoms in total. The number of anilines is 2. The number of carbonyl (C=O) groups excluding carboxylic acids is 1. The molecule has 3 heterocycles. The van der Waals surface area contributed by atoms with E-state index in [0.29, 0.717) is 16.5 Å². The van der Waals surface area contributed by atoms with Gasteiger partial charge in [-0.05, 0) is 26.0 Å². The number of halogens is 2. The van der Waals surface area contributed by atoms with E-state index in [1.54, 1.807) is 25.1 Å². The second kappa shape index (κ2) is 8.48. The van der Waals surface area contributed by atoms with Crippen molar-refractivity contribution < 1.29 is 23.6 Å². The molecule has 162 valence electrons. The molecule has 1 aliphatic heterocycles. The number of rotatable bonds is 6. The quantitative estimate of drug-likeness (QED) is 0.586. The summed E-state index contributed by atoms with van der Waals surface area (Å²) in [5.74, 6) is -0.524. The molecule has 1 aliphatic rings. The lowest BCUT2D eigenvalue weighted by atomic mass is 10.1. The van der Waals surface area contributed by atoms with Crippen molar-refractivity contribution in [1.29, 1.82) is 0 Å². The lowest BCUT2D eigenvalue weighted by molar-refractivity contribution is 0.142. The molecule has 1 aromatic carbocycles. The summed E-state index contributed by atoms with van der Waals surface area (Å²) in [4.78, 5) is 21.1. The highest BCUT2D eigenvalue weighted by Crippen LogP contribution is 2.28. The number of aromatic nitrogens is 3. The molecule has 1 amide bonds. The Morgan fingerprint density at radius 2 is 2.06 bits per heavy atom. The van der Waals surface area contributed by atoms with Crippen LogP contribution in [0.2, 0.25) is 5.02 Å². The van der Waals surface area contributed by atoms with Crippen LogP contribution in [-0.4, -0.2) is 45.1 Å². The standard InChI is InChI=1S/C20H19ClFN5O4/c1-10(17-7-15(26-31-17)12-3-5-13(21)6-4-12)24-19-23-8-14(22)18(25-19)27-16(11(2)28)9-30-20(27)29/h3-8,10-11,16,28H,9H2,1-2H3,(H,23,24,25)/t10-,11+,16?/m0/s1. The maximum atomic E-state index is 14.4. The molecule has 2 N–H and O–H groups in total. The predicted molar refractivity (Wildman–Crippen MR) is 110 cm³/mol. The Labute approximate surface area is 181 Å². The molecule has 0 saturated carbocycles. The molecule has 2 aromatic heterocycles. The van der Waals surface area contributed by atoms with Gasteiger partial charge in [-0.25, -0.2) is 19.1 Å². The fraction of sp³-hybridized carbons (Fsp3) is 0.300. The van der Waals surface area contributed by atoms with Crippen molar-refractivity contribution in [2.45, 2.75) is 32.0 Å². The summed E-state index contributed by atoms with van der Waals surface area (Å²) in [5.41, 5.74) is 1.46.